The summed E-state index contributed by atoms with van der Waals surface area (Å²) in [6, 6.07) is 8.48. The van der Waals surface area contributed by atoms with E-state index in [1.807, 2.05) is 19.2 Å². The highest BCUT2D eigenvalue weighted by atomic mass is 35.5. The lowest BCUT2D eigenvalue weighted by atomic mass is 10.00. The van der Waals surface area contributed by atoms with E-state index in [2.05, 4.69) is 36.2 Å². The van der Waals surface area contributed by atoms with E-state index in [-0.39, 0.29) is 0 Å². The lowest BCUT2D eigenvalue weighted by Gasteiger charge is -2.33. The van der Waals surface area contributed by atoms with Gasteiger partial charge in [-0.1, -0.05) is 29.8 Å². The first-order valence-electron chi connectivity index (χ1n) is 7.21. The number of benzene rings is 1. The topological polar surface area (TPSA) is 15.3 Å². The summed E-state index contributed by atoms with van der Waals surface area (Å²) >= 11 is 6.30. The van der Waals surface area contributed by atoms with E-state index in [0.29, 0.717) is 11.6 Å². The number of nitrogens with one attached hydrogen (secondary N) is 1. The van der Waals surface area contributed by atoms with Crippen molar-refractivity contribution in [3.63, 3.8) is 0 Å². The quantitative estimate of drug-likeness (QED) is 0.881. The minimum Gasteiger partial charge on any atom is -0.313 e. The van der Waals surface area contributed by atoms with E-state index in [4.69, 9.17) is 11.6 Å². The van der Waals surface area contributed by atoms with Gasteiger partial charge in [0.05, 0.1) is 0 Å². The molecule has 1 heterocycles. The predicted octanol–water partition coefficient (Wildman–Crippen LogP) is 3.87. The van der Waals surface area contributed by atoms with Crippen LogP contribution in [0.5, 0.6) is 0 Å². The van der Waals surface area contributed by atoms with Crippen molar-refractivity contribution >= 4 is 11.6 Å². The molecule has 0 bridgehead atoms. The molecule has 1 aromatic rings. The Morgan fingerprint density at radius 3 is 2.68 bits per heavy atom. The summed E-state index contributed by atoms with van der Waals surface area (Å²) < 4.78 is 0. The highest BCUT2D eigenvalue weighted by molar-refractivity contribution is 6.31. The zero-order valence-corrected chi connectivity index (χ0v) is 13.0. The minimum atomic E-state index is 0.338. The highest BCUT2D eigenvalue weighted by Gasteiger charge is 2.31. The van der Waals surface area contributed by atoms with Gasteiger partial charge in [-0.05, 0) is 58.3 Å². The fraction of sp³-hybridized carbons (Fsp3) is 0.625. The summed E-state index contributed by atoms with van der Waals surface area (Å²) in [6.45, 7) is 7.06. The summed E-state index contributed by atoms with van der Waals surface area (Å²) in [4.78, 5) is 2.61. The van der Waals surface area contributed by atoms with Crippen molar-refractivity contribution in [1.29, 1.82) is 0 Å². The number of likely N-dealkylation sites (tertiary alicyclic amines) is 1. The second-order valence-corrected chi connectivity index (χ2v) is 6.46. The number of nitrogens with zero attached hydrogens (tertiary/aromatic N) is 1. The van der Waals surface area contributed by atoms with Crippen LogP contribution in [0.2, 0.25) is 5.02 Å². The standard InChI is InChI=1S/C16H25ClN2/c1-16(2)10-6-11-19(16)12-9-15(18-3)13-7-4-5-8-14(13)17/h4-5,7-8,15,18H,6,9-12H2,1-3H3. The van der Waals surface area contributed by atoms with Gasteiger partial charge in [-0.2, -0.15) is 0 Å². The third kappa shape index (κ3) is 3.50. The maximum absolute atomic E-state index is 6.30. The van der Waals surface area contributed by atoms with Crippen molar-refractivity contribution in [3.8, 4) is 0 Å². The molecule has 1 aromatic carbocycles. The number of rotatable bonds is 5. The smallest absolute Gasteiger partial charge is 0.0453 e. The van der Waals surface area contributed by atoms with Crippen LogP contribution in [0.1, 0.15) is 44.7 Å². The van der Waals surface area contributed by atoms with Crippen LogP contribution in [-0.2, 0) is 0 Å². The maximum Gasteiger partial charge on any atom is 0.0453 e. The molecule has 106 valence electrons. The lowest BCUT2D eigenvalue weighted by molar-refractivity contribution is 0.167. The van der Waals surface area contributed by atoms with Gasteiger partial charge in [0.25, 0.3) is 0 Å². The molecule has 1 aliphatic heterocycles. The second-order valence-electron chi connectivity index (χ2n) is 6.05. The molecular weight excluding hydrogens is 256 g/mol. The van der Waals surface area contributed by atoms with Gasteiger partial charge in [-0.3, -0.25) is 4.90 Å². The summed E-state index contributed by atoms with van der Waals surface area (Å²) in [5, 5.41) is 4.26. The van der Waals surface area contributed by atoms with Gasteiger partial charge in [0, 0.05) is 23.1 Å². The monoisotopic (exact) mass is 280 g/mol. The summed E-state index contributed by atoms with van der Waals surface area (Å²) in [5.74, 6) is 0. The molecule has 1 aliphatic rings. The van der Waals surface area contributed by atoms with Crippen molar-refractivity contribution in [2.75, 3.05) is 20.1 Å². The number of hydrogen-bond donors (Lipinski definition) is 1. The van der Waals surface area contributed by atoms with Gasteiger partial charge in [0.15, 0.2) is 0 Å². The Morgan fingerprint density at radius 2 is 2.11 bits per heavy atom. The second kappa shape index (κ2) is 6.25. The van der Waals surface area contributed by atoms with E-state index in [1.54, 1.807) is 0 Å². The highest BCUT2D eigenvalue weighted by Crippen LogP contribution is 2.30. The third-order valence-electron chi connectivity index (χ3n) is 4.39. The molecular formula is C16H25ClN2. The Labute approximate surface area is 122 Å². The predicted molar refractivity (Wildman–Crippen MR) is 82.8 cm³/mol. The molecule has 19 heavy (non-hydrogen) atoms. The first kappa shape index (κ1) is 14.8. The van der Waals surface area contributed by atoms with Gasteiger partial charge in [0.1, 0.15) is 0 Å². The van der Waals surface area contributed by atoms with Gasteiger partial charge in [-0.15, -0.1) is 0 Å². The van der Waals surface area contributed by atoms with Crippen LogP contribution in [0.4, 0.5) is 0 Å². The number of hydrogen-bond acceptors (Lipinski definition) is 2. The Bertz CT molecular complexity index is 417. The van der Waals surface area contributed by atoms with E-state index < -0.39 is 0 Å². The van der Waals surface area contributed by atoms with Crippen LogP contribution in [0.25, 0.3) is 0 Å². The summed E-state index contributed by atoms with van der Waals surface area (Å²) in [7, 11) is 2.02. The molecule has 1 N–H and O–H groups in total. The first-order valence-corrected chi connectivity index (χ1v) is 7.59. The third-order valence-corrected chi connectivity index (χ3v) is 4.73. The maximum atomic E-state index is 6.30. The van der Waals surface area contributed by atoms with Crippen molar-refractivity contribution in [1.82, 2.24) is 10.2 Å². The fourth-order valence-corrected chi connectivity index (χ4v) is 3.34. The average molecular weight is 281 g/mol. The van der Waals surface area contributed by atoms with Gasteiger partial charge < -0.3 is 5.32 Å². The molecule has 1 atom stereocenters. The molecule has 3 heteroatoms. The molecule has 1 unspecified atom stereocenters. The molecule has 1 fully saturated rings. The zero-order valence-electron chi connectivity index (χ0n) is 12.2. The Morgan fingerprint density at radius 1 is 1.37 bits per heavy atom. The van der Waals surface area contributed by atoms with E-state index in [1.165, 1.54) is 24.9 Å². The minimum absolute atomic E-state index is 0.338. The average Bonchev–Trinajstić information content (AvgIpc) is 2.71. The van der Waals surface area contributed by atoms with Crippen LogP contribution < -0.4 is 5.32 Å². The molecule has 0 aliphatic carbocycles. The first-order chi connectivity index (χ1) is 9.04. The normalized spacial score (nSPS) is 20.6. The Hall–Kier alpha value is -0.570. The molecule has 2 rings (SSSR count). The molecule has 0 saturated carbocycles. The zero-order chi connectivity index (χ0) is 13.9. The fourth-order valence-electron chi connectivity index (χ4n) is 3.08. The van der Waals surface area contributed by atoms with E-state index in [9.17, 15) is 0 Å². The molecule has 0 amide bonds. The summed E-state index contributed by atoms with van der Waals surface area (Å²) in [5.41, 5.74) is 1.57. The van der Waals surface area contributed by atoms with Crippen LogP contribution >= 0.6 is 11.6 Å². The Kier molecular flexibility index (Phi) is 4.88. The van der Waals surface area contributed by atoms with Crippen LogP contribution in [0.15, 0.2) is 24.3 Å². The van der Waals surface area contributed by atoms with Crippen molar-refractivity contribution in [2.45, 2.75) is 44.7 Å². The Balaban J connectivity index is 1.99. The van der Waals surface area contributed by atoms with Crippen molar-refractivity contribution in [3.05, 3.63) is 34.9 Å². The molecule has 1 saturated heterocycles. The van der Waals surface area contributed by atoms with E-state index >= 15 is 0 Å². The van der Waals surface area contributed by atoms with Gasteiger partial charge in [-0.25, -0.2) is 0 Å². The van der Waals surface area contributed by atoms with Crippen LogP contribution in [-0.4, -0.2) is 30.6 Å². The van der Waals surface area contributed by atoms with Gasteiger partial charge in [0.2, 0.25) is 0 Å². The summed E-state index contributed by atoms with van der Waals surface area (Å²) in [6.07, 6.45) is 3.73. The molecule has 0 spiro atoms. The van der Waals surface area contributed by atoms with Crippen LogP contribution in [0.3, 0.4) is 0 Å². The molecule has 2 nitrogen and oxygen atoms in total. The molecule has 0 radical (unpaired) electrons. The van der Waals surface area contributed by atoms with Crippen molar-refractivity contribution < 1.29 is 0 Å². The van der Waals surface area contributed by atoms with E-state index in [0.717, 1.165) is 18.0 Å². The van der Waals surface area contributed by atoms with Crippen LogP contribution in [0, 0.1) is 0 Å². The molecule has 0 aromatic heterocycles. The SMILES string of the molecule is CNC(CCN1CCCC1(C)C)c1ccccc1Cl. The van der Waals surface area contributed by atoms with Crippen molar-refractivity contribution in [2.24, 2.45) is 0 Å². The lowest BCUT2D eigenvalue weighted by Crippen LogP contribution is -2.39. The van der Waals surface area contributed by atoms with Gasteiger partial charge >= 0.3 is 0 Å². The largest absolute Gasteiger partial charge is 0.313 e. The number of halogens is 1.